The molecule has 0 saturated heterocycles. The molecule has 2 aromatic rings. The molecule has 1 aromatic heterocycles. The minimum atomic E-state index is -0.247. The number of pyridine rings is 1. The van der Waals surface area contributed by atoms with Gasteiger partial charge in [0.2, 0.25) is 5.91 Å². The number of nitrogens with zero attached hydrogens (tertiary/aromatic N) is 3. The van der Waals surface area contributed by atoms with E-state index in [1.807, 2.05) is 32.9 Å². The lowest BCUT2D eigenvalue weighted by Crippen LogP contribution is -2.38. The molecule has 174 valence electrons. The van der Waals surface area contributed by atoms with Crippen LogP contribution in [0.25, 0.3) is 0 Å². The summed E-state index contributed by atoms with van der Waals surface area (Å²) in [5, 5.41) is 21.8. The number of aromatic hydroxyl groups is 2. The maximum absolute atomic E-state index is 12.3. The highest BCUT2D eigenvalue weighted by molar-refractivity contribution is 5.93. The van der Waals surface area contributed by atoms with E-state index in [9.17, 15) is 19.8 Å². The zero-order valence-electron chi connectivity index (χ0n) is 19.4. The van der Waals surface area contributed by atoms with E-state index in [1.165, 1.54) is 17.0 Å². The minimum Gasteiger partial charge on any atom is -0.504 e. The third-order valence-electron chi connectivity index (χ3n) is 5.16. The lowest BCUT2D eigenvalue weighted by Gasteiger charge is -2.28. The molecule has 0 atom stereocenters. The Hall–Kier alpha value is -3.29. The van der Waals surface area contributed by atoms with E-state index in [4.69, 9.17) is 0 Å². The first-order valence-corrected chi connectivity index (χ1v) is 11.2. The first kappa shape index (κ1) is 25.0. The number of carbonyl (C=O) groups is 2. The second-order valence-electron chi connectivity index (χ2n) is 7.45. The summed E-state index contributed by atoms with van der Waals surface area (Å²) in [6.45, 7) is 7.26. The number of aromatic nitrogens is 1. The maximum atomic E-state index is 12.3. The fourth-order valence-corrected chi connectivity index (χ4v) is 3.50. The average molecular weight is 443 g/mol. The Morgan fingerprint density at radius 2 is 1.91 bits per heavy atom. The van der Waals surface area contributed by atoms with Gasteiger partial charge < -0.3 is 20.4 Å². The van der Waals surface area contributed by atoms with Gasteiger partial charge in [0.1, 0.15) is 5.82 Å². The van der Waals surface area contributed by atoms with Gasteiger partial charge in [-0.2, -0.15) is 0 Å². The topological polar surface area (TPSA) is 106 Å². The fraction of sp³-hybridized carbons (Fsp3) is 0.458. The second kappa shape index (κ2) is 11.9. The Bertz CT molecular complexity index is 932. The van der Waals surface area contributed by atoms with Crippen molar-refractivity contribution in [2.45, 2.75) is 53.0 Å². The largest absolute Gasteiger partial charge is 0.504 e. The molecule has 32 heavy (non-hydrogen) atoms. The number of fused-ring (bicyclic) bond motifs is 1. The summed E-state index contributed by atoms with van der Waals surface area (Å²) in [5.41, 5.74) is 2.63. The standard InChI is InChI=1S/C22H28N4O4.C2H6/c1-3-20(29)26-12-4-5-16-7-8-17(24-21(16)26)10-11-23-22(30)25(2)14-15-6-9-18(27)19(28)13-15;1-2/h6-9,13,27-28H,3-5,10-12,14H2,1-2H3,(H,23,30);1-2H3. The number of phenolic OH excluding ortho intramolecular Hbond substituents is 2. The van der Waals surface area contributed by atoms with Crippen LogP contribution in [-0.4, -0.2) is 52.2 Å². The van der Waals surface area contributed by atoms with Crippen LogP contribution in [0.5, 0.6) is 11.5 Å². The van der Waals surface area contributed by atoms with Crippen molar-refractivity contribution in [1.82, 2.24) is 15.2 Å². The molecule has 8 nitrogen and oxygen atoms in total. The summed E-state index contributed by atoms with van der Waals surface area (Å²) in [4.78, 5) is 32.5. The molecule has 1 aliphatic heterocycles. The predicted molar refractivity (Wildman–Crippen MR) is 125 cm³/mol. The van der Waals surface area contributed by atoms with Crippen molar-refractivity contribution in [3.05, 3.63) is 47.2 Å². The van der Waals surface area contributed by atoms with Gasteiger partial charge in [0.25, 0.3) is 0 Å². The summed E-state index contributed by atoms with van der Waals surface area (Å²) in [6, 6.07) is 8.21. The van der Waals surface area contributed by atoms with Crippen molar-refractivity contribution in [2.75, 3.05) is 25.0 Å². The van der Waals surface area contributed by atoms with Gasteiger partial charge in [-0.15, -0.1) is 0 Å². The zero-order chi connectivity index (χ0) is 23.7. The third kappa shape index (κ3) is 6.35. The summed E-state index contributed by atoms with van der Waals surface area (Å²) in [7, 11) is 1.66. The van der Waals surface area contributed by atoms with Gasteiger partial charge >= 0.3 is 6.03 Å². The molecule has 0 unspecified atom stereocenters. The highest BCUT2D eigenvalue weighted by atomic mass is 16.3. The molecule has 0 aliphatic carbocycles. The van der Waals surface area contributed by atoms with Crippen molar-refractivity contribution < 1.29 is 19.8 Å². The van der Waals surface area contributed by atoms with Crippen LogP contribution in [0.1, 0.15) is 50.4 Å². The van der Waals surface area contributed by atoms with E-state index < -0.39 is 0 Å². The van der Waals surface area contributed by atoms with Gasteiger partial charge in [-0.25, -0.2) is 9.78 Å². The number of hydrogen-bond donors (Lipinski definition) is 3. The molecule has 0 bridgehead atoms. The van der Waals surface area contributed by atoms with Crippen molar-refractivity contribution in [3.63, 3.8) is 0 Å². The number of nitrogens with one attached hydrogen (secondary N) is 1. The zero-order valence-corrected chi connectivity index (χ0v) is 19.4. The summed E-state index contributed by atoms with van der Waals surface area (Å²) in [5.74, 6) is 0.426. The van der Waals surface area contributed by atoms with Crippen LogP contribution >= 0.6 is 0 Å². The van der Waals surface area contributed by atoms with Crippen LogP contribution in [0.3, 0.4) is 0 Å². The van der Waals surface area contributed by atoms with E-state index in [2.05, 4.69) is 10.3 Å². The lowest BCUT2D eigenvalue weighted by atomic mass is 10.0. The van der Waals surface area contributed by atoms with E-state index in [0.29, 0.717) is 38.0 Å². The smallest absolute Gasteiger partial charge is 0.317 e. The molecule has 3 amide bonds. The molecule has 0 spiro atoms. The van der Waals surface area contributed by atoms with Gasteiger partial charge in [-0.3, -0.25) is 9.69 Å². The van der Waals surface area contributed by atoms with Gasteiger partial charge in [0, 0.05) is 45.2 Å². The third-order valence-corrected chi connectivity index (χ3v) is 5.16. The quantitative estimate of drug-likeness (QED) is 0.593. The van der Waals surface area contributed by atoms with Crippen molar-refractivity contribution in [1.29, 1.82) is 0 Å². The molecular weight excluding hydrogens is 408 g/mol. The Balaban J connectivity index is 0.00000176. The SMILES string of the molecule is CC.CCC(=O)N1CCCc2ccc(CCNC(=O)N(C)Cc3ccc(O)c(O)c3)nc21. The molecule has 0 radical (unpaired) electrons. The van der Waals surface area contributed by atoms with Crippen LogP contribution in [0.4, 0.5) is 10.6 Å². The number of benzene rings is 1. The number of amides is 3. The van der Waals surface area contributed by atoms with E-state index >= 15 is 0 Å². The van der Waals surface area contributed by atoms with E-state index in [0.717, 1.165) is 29.9 Å². The van der Waals surface area contributed by atoms with Crippen LogP contribution in [0.2, 0.25) is 0 Å². The summed E-state index contributed by atoms with van der Waals surface area (Å²) >= 11 is 0. The van der Waals surface area contributed by atoms with Gasteiger partial charge in [0.15, 0.2) is 11.5 Å². The van der Waals surface area contributed by atoms with Crippen molar-refractivity contribution in [2.24, 2.45) is 0 Å². The van der Waals surface area contributed by atoms with Crippen LogP contribution in [-0.2, 0) is 24.2 Å². The predicted octanol–water partition coefficient (Wildman–Crippen LogP) is 3.59. The Morgan fingerprint density at radius 3 is 2.59 bits per heavy atom. The molecule has 1 aromatic carbocycles. The highest BCUT2D eigenvalue weighted by Gasteiger charge is 2.23. The molecule has 3 N–H and O–H groups in total. The Labute approximate surface area is 189 Å². The van der Waals surface area contributed by atoms with Gasteiger partial charge in [-0.1, -0.05) is 32.9 Å². The first-order chi connectivity index (χ1) is 15.4. The highest BCUT2D eigenvalue weighted by Crippen LogP contribution is 2.26. The number of carbonyl (C=O) groups excluding carboxylic acids is 2. The van der Waals surface area contributed by atoms with Crippen molar-refractivity contribution in [3.8, 4) is 11.5 Å². The number of aryl methyl sites for hydroxylation is 1. The lowest BCUT2D eigenvalue weighted by molar-refractivity contribution is -0.118. The van der Waals surface area contributed by atoms with Gasteiger partial charge in [0.05, 0.1) is 0 Å². The number of urea groups is 1. The van der Waals surface area contributed by atoms with Crippen LogP contribution < -0.4 is 10.2 Å². The fourth-order valence-electron chi connectivity index (χ4n) is 3.50. The summed E-state index contributed by atoms with van der Waals surface area (Å²) < 4.78 is 0. The maximum Gasteiger partial charge on any atom is 0.317 e. The molecule has 0 fully saturated rings. The monoisotopic (exact) mass is 442 g/mol. The van der Waals surface area contributed by atoms with E-state index in [-0.39, 0.29) is 23.4 Å². The Kier molecular flexibility index (Phi) is 9.31. The van der Waals surface area contributed by atoms with Crippen LogP contribution in [0, 0.1) is 0 Å². The minimum absolute atomic E-state index is 0.0794. The summed E-state index contributed by atoms with van der Waals surface area (Å²) in [6.07, 6.45) is 2.87. The molecule has 0 saturated carbocycles. The van der Waals surface area contributed by atoms with Crippen molar-refractivity contribution >= 4 is 17.8 Å². The Morgan fingerprint density at radius 1 is 1.16 bits per heavy atom. The van der Waals surface area contributed by atoms with E-state index in [1.54, 1.807) is 18.0 Å². The molecule has 3 rings (SSSR count). The normalized spacial score (nSPS) is 12.3. The first-order valence-electron chi connectivity index (χ1n) is 11.2. The average Bonchev–Trinajstić information content (AvgIpc) is 2.81. The van der Waals surface area contributed by atoms with Gasteiger partial charge in [-0.05, 0) is 42.2 Å². The molecule has 2 heterocycles. The van der Waals surface area contributed by atoms with Crippen LogP contribution in [0.15, 0.2) is 30.3 Å². The molecular formula is C24H34N4O4. The number of phenols is 2. The number of hydrogen-bond acceptors (Lipinski definition) is 5. The number of anilines is 1. The molecule has 8 heteroatoms. The molecule has 1 aliphatic rings. The second-order valence-corrected chi connectivity index (χ2v) is 7.45. The number of rotatable bonds is 6.